The lowest BCUT2D eigenvalue weighted by molar-refractivity contribution is -0.280. The number of nitriles is 1. The van der Waals surface area contributed by atoms with Crippen LogP contribution in [0.15, 0.2) is 11.6 Å². The summed E-state index contributed by atoms with van der Waals surface area (Å²) < 4.78 is 5.63. The molecule has 0 N–H and O–H groups in total. The molecule has 0 amide bonds. The zero-order valence-corrected chi connectivity index (χ0v) is 12.8. The molecule has 5 nitrogen and oxygen atoms in total. The van der Waals surface area contributed by atoms with Crippen LogP contribution in [0.1, 0.15) is 53.4 Å². The standard InChI is InChI=1S/C15H25NO4/c1-5-7-9-14(10-16)15(17)20-18-11-13(4)19-12(3)8-6-2/h9,12-13H,5-8,11H2,1-4H3. The Bertz CT molecular complexity index is 346. The summed E-state index contributed by atoms with van der Waals surface area (Å²) >= 11 is 0. The van der Waals surface area contributed by atoms with Crippen molar-refractivity contribution in [3.8, 4) is 6.07 Å². The van der Waals surface area contributed by atoms with Gasteiger partial charge in [0.2, 0.25) is 0 Å². The molecule has 0 saturated heterocycles. The average molecular weight is 283 g/mol. The van der Waals surface area contributed by atoms with Crippen molar-refractivity contribution in [2.24, 2.45) is 0 Å². The fourth-order valence-electron chi connectivity index (χ4n) is 1.60. The van der Waals surface area contributed by atoms with E-state index in [1.165, 1.54) is 0 Å². The lowest BCUT2D eigenvalue weighted by Crippen LogP contribution is -2.23. The minimum Gasteiger partial charge on any atom is -0.373 e. The first-order valence-electron chi connectivity index (χ1n) is 7.14. The molecule has 0 aliphatic carbocycles. The normalized spacial score (nSPS) is 14.4. The molecule has 114 valence electrons. The van der Waals surface area contributed by atoms with Gasteiger partial charge in [0.1, 0.15) is 18.2 Å². The predicted molar refractivity (Wildman–Crippen MR) is 75.6 cm³/mol. The third-order valence-electron chi connectivity index (χ3n) is 2.57. The maximum Gasteiger partial charge on any atom is 0.383 e. The molecule has 20 heavy (non-hydrogen) atoms. The Labute approximate surface area is 121 Å². The second-order valence-electron chi connectivity index (χ2n) is 4.72. The number of ether oxygens (including phenoxy) is 1. The van der Waals surface area contributed by atoms with Gasteiger partial charge >= 0.3 is 5.97 Å². The van der Waals surface area contributed by atoms with Crippen molar-refractivity contribution in [1.82, 2.24) is 0 Å². The molecule has 0 aromatic carbocycles. The van der Waals surface area contributed by atoms with Crippen LogP contribution in [0.5, 0.6) is 0 Å². The Morgan fingerprint density at radius 2 is 1.95 bits per heavy atom. The van der Waals surface area contributed by atoms with E-state index in [-0.39, 0.29) is 24.4 Å². The van der Waals surface area contributed by atoms with E-state index < -0.39 is 5.97 Å². The summed E-state index contributed by atoms with van der Waals surface area (Å²) in [6.07, 6.45) is 5.07. The van der Waals surface area contributed by atoms with Gasteiger partial charge in [-0.05, 0) is 26.7 Å². The molecular formula is C15H25NO4. The summed E-state index contributed by atoms with van der Waals surface area (Å²) in [5, 5.41) is 8.81. The van der Waals surface area contributed by atoms with Crippen molar-refractivity contribution in [2.45, 2.75) is 65.6 Å². The van der Waals surface area contributed by atoms with Gasteiger partial charge in [0.25, 0.3) is 0 Å². The van der Waals surface area contributed by atoms with E-state index in [1.807, 2.05) is 20.8 Å². The number of carbonyl (C=O) groups excluding carboxylic acids is 1. The Kier molecular flexibility index (Phi) is 10.7. The van der Waals surface area contributed by atoms with Gasteiger partial charge in [0.15, 0.2) is 0 Å². The Balaban J connectivity index is 3.99. The zero-order valence-electron chi connectivity index (χ0n) is 12.8. The molecule has 0 aliphatic heterocycles. The van der Waals surface area contributed by atoms with Crippen LogP contribution in [0.25, 0.3) is 0 Å². The van der Waals surface area contributed by atoms with Gasteiger partial charge in [-0.3, -0.25) is 4.89 Å². The van der Waals surface area contributed by atoms with Crippen molar-refractivity contribution in [3.63, 3.8) is 0 Å². The Morgan fingerprint density at radius 3 is 2.50 bits per heavy atom. The smallest absolute Gasteiger partial charge is 0.373 e. The lowest BCUT2D eigenvalue weighted by atomic mass is 10.2. The highest BCUT2D eigenvalue weighted by molar-refractivity contribution is 5.92. The van der Waals surface area contributed by atoms with Crippen molar-refractivity contribution in [1.29, 1.82) is 5.26 Å². The van der Waals surface area contributed by atoms with Crippen LogP contribution < -0.4 is 0 Å². The van der Waals surface area contributed by atoms with E-state index in [0.29, 0.717) is 6.42 Å². The van der Waals surface area contributed by atoms with Gasteiger partial charge in [0.05, 0.1) is 12.2 Å². The Morgan fingerprint density at radius 1 is 1.25 bits per heavy atom. The summed E-state index contributed by atoms with van der Waals surface area (Å²) in [5.74, 6) is -0.755. The fourth-order valence-corrected chi connectivity index (χ4v) is 1.60. The molecule has 0 rings (SSSR count). The van der Waals surface area contributed by atoms with E-state index in [1.54, 1.807) is 12.1 Å². The molecule has 0 heterocycles. The lowest BCUT2D eigenvalue weighted by Gasteiger charge is -2.17. The van der Waals surface area contributed by atoms with Gasteiger partial charge < -0.3 is 4.74 Å². The molecule has 2 atom stereocenters. The van der Waals surface area contributed by atoms with Crippen LogP contribution >= 0.6 is 0 Å². The third kappa shape index (κ3) is 8.68. The monoisotopic (exact) mass is 283 g/mol. The van der Waals surface area contributed by atoms with Gasteiger partial charge in [0, 0.05) is 0 Å². The van der Waals surface area contributed by atoms with Gasteiger partial charge in [-0.2, -0.15) is 10.1 Å². The largest absolute Gasteiger partial charge is 0.383 e. The molecule has 5 heteroatoms. The summed E-state index contributed by atoms with van der Waals surface area (Å²) in [6.45, 7) is 8.04. The number of carbonyl (C=O) groups is 1. The number of hydrogen-bond donors (Lipinski definition) is 0. The molecule has 0 aromatic rings. The average Bonchev–Trinajstić information content (AvgIpc) is 2.39. The SMILES string of the molecule is CCCC=C(C#N)C(=O)OOCC(C)OC(C)CCC. The van der Waals surface area contributed by atoms with Crippen LogP contribution in [0.3, 0.4) is 0 Å². The molecule has 0 saturated carbocycles. The second kappa shape index (κ2) is 11.4. The molecule has 0 fully saturated rings. The van der Waals surface area contributed by atoms with Crippen molar-refractivity contribution < 1.29 is 19.3 Å². The maximum atomic E-state index is 11.5. The van der Waals surface area contributed by atoms with E-state index in [2.05, 4.69) is 11.8 Å². The quantitative estimate of drug-likeness (QED) is 0.266. The van der Waals surface area contributed by atoms with E-state index in [4.69, 9.17) is 14.9 Å². The number of hydrogen-bond acceptors (Lipinski definition) is 5. The van der Waals surface area contributed by atoms with Gasteiger partial charge in [-0.25, -0.2) is 4.79 Å². The number of unbranched alkanes of at least 4 members (excludes halogenated alkanes) is 1. The molecular weight excluding hydrogens is 258 g/mol. The highest BCUT2D eigenvalue weighted by Crippen LogP contribution is 2.06. The predicted octanol–water partition coefficient (Wildman–Crippen LogP) is 3.30. The fraction of sp³-hybridized carbons (Fsp3) is 0.733. The van der Waals surface area contributed by atoms with Crippen LogP contribution in [0, 0.1) is 11.3 Å². The highest BCUT2D eigenvalue weighted by atomic mass is 17.2. The van der Waals surface area contributed by atoms with E-state index in [0.717, 1.165) is 19.3 Å². The van der Waals surface area contributed by atoms with Crippen molar-refractivity contribution >= 4 is 5.97 Å². The third-order valence-corrected chi connectivity index (χ3v) is 2.57. The van der Waals surface area contributed by atoms with Crippen LogP contribution in [0.4, 0.5) is 0 Å². The zero-order chi connectivity index (χ0) is 15.4. The molecule has 0 bridgehead atoms. The Hall–Kier alpha value is -1.38. The first kappa shape index (κ1) is 18.6. The molecule has 2 unspecified atom stereocenters. The minimum absolute atomic E-state index is 0.0280. The summed E-state index contributed by atoms with van der Waals surface area (Å²) in [7, 11) is 0. The number of rotatable bonds is 10. The summed E-state index contributed by atoms with van der Waals surface area (Å²) in [4.78, 5) is 20.9. The minimum atomic E-state index is -0.755. The van der Waals surface area contributed by atoms with Crippen molar-refractivity contribution in [3.05, 3.63) is 11.6 Å². The molecule has 0 spiro atoms. The van der Waals surface area contributed by atoms with Crippen LogP contribution in [-0.2, 0) is 19.3 Å². The van der Waals surface area contributed by atoms with Gasteiger partial charge in [-0.1, -0.05) is 32.8 Å². The first-order chi connectivity index (χ1) is 9.54. The second-order valence-corrected chi connectivity index (χ2v) is 4.72. The highest BCUT2D eigenvalue weighted by Gasteiger charge is 2.13. The van der Waals surface area contributed by atoms with Crippen LogP contribution in [-0.4, -0.2) is 24.8 Å². The summed E-state index contributed by atoms with van der Waals surface area (Å²) in [6, 6.07) is 1.80. The maximum absolute atomic E-state index is 11.5. The van der Waals surface area contributed by atoms with Gasteiger partial charge in [-0.15, -0.1) is 0 Å². The molecule has 0 aromatic heterocycles. The summed E-state index contributed by atoms with van der Waals surface area (Å²) in [5.41, 5.74) is -0.0280. The van der Waals surface area contributed by atoms with Crippen LogP contribution in [0.2, 0.25) is 0 Å². The topological polar surface area (TPSA) is 68.6 Å². The molecule has 0 aliphatic rings. The molecule has 0 radical (unpaired) electrons. The van der Waals surface area contributed by atoms with E-state index in [9.17, 15) is 4.79 Å². The number of allylic oxidation sites excluding steroid dienone is 1. The van der Waals surface area contributed by atoms with Crippen molar-refractivity contribution in [2.75, 3.05) is 6.61 Å². The van der Waals surface area contributed by atoms with E-state index >= 15 is 0 Å². The first-order valence-corrected chi connectivity index (χ1v) is 7.14. The number of nitrogens with zero attached hydrogens (tertiary/aromatic N) is 1.